The second-order valence-corrected chi connectivity index (χ2v) is 11.5. The van der Waals surface area contributed by atoms with Crippen LogP contribution in [0.15, 0.2) is 64.3 Å². The first kappa shape index (κ1) is 31.8. The van der Waals surface area contributed by atoms with Gasteiger partial charge in [-0.15, -0.1) is 0 Å². The molecule has 8 N–H and O–H groups in total. The van der Waals surface area contributed by atoms with Gasteiger partial charge < -0.3 is 36.4 Å². The van der Waals surface area contributed by atoms with E-state index in [1.54, 1.807) is 47.4 Å². The average molecular weight is 630 g/mol. The highest BCUT2D eigenvalue weighted by atomic mass is 32.2. The van der Waals surface area contributed by atoms with E-state index in [9.17, 15) is 37.8 Å². The van der Waals surface area contributed by atoms with Gasteiger partial charge in [-0.2, -0.15) is 13.4 Å². The lowest BCUT2D eigenvalue weighted by Crippen LogP contribution is -2.61. The molecule has 0 bridgehead atoms. The number of nitrogens with zero attached hydrogens (tertiary/aromatic N) is 3. The van der Waals surface area contributed by atoms with Crippen molar-refractivity contribution in [2.45, 2.75) is 36.2 Å². The molecule has 1 amide bonds. The molecule has 1 saturated heterocycles. The smallest absolute Gasteiger partial charge is 0.333 e. The summed E-state index contributed by atoms with van der Waals surface area (Å²) in [5.74, 6) is -2.57. The van der Waals surface area contributed by atoms with Crippen LogP contribution in [0.2, 0.25) is 0 Å². The Morgan fingerprint density at radius 1 is 1.11 bits per heavy atom. The van der Waals surface area contributed by atoms with E-state index in [0.717, 1.165) is 0 Å². The molecule has 16 nitrogen and oxygen atoms in total. The van der Waals surface area contributed by atoms with Gasteiger partial charge in [0.05, 0.1) is 24.7 Å². The van der Waals surface area contributed by atoms with Crippen LogP contribution in [0.4, 0.5) is 23.1 Å². The van der Waals surface area contributed by atoms with Crippen molar-refractivity contribution in [2.24, 2.45) is 0 Å². The maximum atomic E-state index is 12.6. The molecule has 1 fully saturated rings. The second kappa shape index (κ2) is 12.6. The average Bonchev–Trinajstić information content (AvgIpc) is 3.38. The topological polar surface area (TPSA) is 248 Å². The number of aromatic amines is 1. The number of nitrogens with two attached hydrogens (primary N) is 1. The number of carboxylic acids is 2. The quantitative estimate of drug-likeness (QED) is 0.170. The van der Waals surface area contributed by atoms with Crippen molar-refractivity contribution in [3.8, 4) is 0 Å². The lowest BCUT2D eigenvalue weighted by molar-refractivity contribution is -0.142. The van der Waals surface area contributed by atoms with Gasteiger partial charge in [-0.3, -0.25) is 19.1 Å². The molecule has 0 saturated carbocycles. The van der Waals surface area contributed by atoms with Crippen LogP contribution in [-0.4, -0.2) is 82.3 Å². The van der Waals surface area contributed by atoms with Crippen molar-refractivity contribution in [1.29, 1.82) is 0 Å². The van der Waals surface area contributed by atoms with Gasteiger partial charge in [-0.05, 0) is 42.8 Å². The summed E-state index contributed by atoms with van der Waals surface area (Å²) in [5, 5.41) is 24.7. The molecule has 44 heavy (non-hydrogen) atoms. The van der Waals surface area contributed by atoms with Crippen LogP contribution in [0.25, 0.3) is 0 Å². The van der Waals surface area contributed by atoms with Gasteiger partial charge in [0.2, 0.25) is 5.95 Å². The third kappa shape index (κ3) is 6.57. The van der Waals surface area contributed by atoms with Crippen molar-refractivity contribution in [3.63, 3.8) is 0 Å². The minimum Gasteiger partial charge on any atom is -0.480 e. The summed E-state index contributed by atoms with van der Waals surface area (Å²) >= 11 is 0. The molecule has 17 heteroatoms. The number of aliphatic carboxylic acids is 2. The van der Waals surface area contributed by atoms with Gasteiger partial charge >= 0.3 is 11.9 Å². The fourth-order valence-electron chi connectivity index (χ4n) is 4.92. The number of carboxylic acid groups (broad SMARTS) is 2. The monoisotopic (exact) mass is 629 g/mol. The summed E-state index contributed by atoms with van der Waals surface area (Å²) in [7, 11) is -4.00. The van der Waals surface area contributed by atoms with Gasteiger partial charge in [0.1, 0.15) is 11.7 Å². The van der Waals surface area contributed by atoms with Gasteiger partial charge in [0.25, 0.3) is 21.6 Å². The molecule has 1 unspecified atom stereocenters. The molecule has 2 aromatic carbocycles. The fraction of sp³-hybridized carbons (Fsp3) is 0.296. The summed E-state index contributed by atoms with van der Waals surface area (Å²) in [6.07, 6.45) is 0.922. The number of carbonyl (C=O) groups excluding carboxylic acids is 1. The molecule has 1 aromatic heterocycles. The molecule has 3 aromatic rings. The maximum absolute atomic E-state index is 12.6. The van der Waals surface area contributed by atoms with E-state index < -0.39 is 45.1 Å². The van der Waals surface area contributed by atoms with Crippen molar-refractivity contribution in [2.75, 3.05) is 40.6 Å². The number of hydrogen-bond acceptors (Lipinski definition) is 11. The molecule has 234 valence electrons. The lowest BCUT2D eigenvalue weighted by atomic mass is 9.96. The van der Waals surface area contributed by atoms with E-state index in [2.05, 4.69) is 20.6 Å². The SMILES string of the molecule is CCCC(NC(=O)c1ccc(N2CN3c4c(nc(N)[nH]c4=O)NC[C@@]3(C(=O)O)C2)cc1)C(=O)O.O=S(=O)(O)c1ccccc1. The van der Waals surface area contributed by atoms with E-state index in [-0.39, 0.29) is 47.7 Å². The Hall–Kier alpha value is -5.16. The number of fused-ring (bicyclic) bond motifs is 3. The Balaban J connectivity index is 0.000000375. The van der Waals surface area contributed by atoms with E-state index >= 15 is 0 Å². The molecule has 2 atom stereocenters. The highest BCUT2D eigenvalue weighted by molar-refractivity contribution is 7.85. The molecule has 0 aliphatic carbocycles. The van der Waals surface area contributed by atoms with E-state index in [4.69, 9.17) is 10.3 Å². The Morgan fingerprint density at radius 2 is 1.77 bits per heavy atom. The number of anilines is 4. The summed E-state index contributed by atoms with van der Waals surface area (Å²) in [5.41, 5.74) is 4.66. The van der Waals surface area contributed by atoms with Crippen LogP contribution in [0.3, 0.4) is 0 Å². The predicted octanol–water partition coefficient (Wildman–Crippen LogP) is 0.802. The first-order valence-corrected chi connectivity index (χ1v) is 14.8. The molecule has 0 radical (unpaired) electrons. The van der Waals surface area contributed by atoms with Gasteiger partial charge in [-0.25, -0.2) is 9.59 Å². The molecule has 5 rings (SSSR count). The van der Waals surface area contributed by atoms with Crippen LogP contribution in [0.1, 0.15) is 30.1 Å². The highest BCUT2D eigenvalue weighted by Gasteiger charge is 2.55. The van der Waals surface area contributed by atoms with Crippen molar-refractivity contribution < 1.29 is 37.6 Å². The minimum absolute atomic E-state index is 0.0101. The summed E-state index contributed by atoms with van der Waals surface area (Å²) in [6.45, 7) is 2.01. The fourth-order valence-corrected chi connectivity index (χ4v) is 5.42. The van der Waals surface area contributed by atoms with Crippen LogP contribution in [0.5, 0.6) is 0 Å². The van der Waals surface area contributed by atoms with Crippen LogP contribution < -0.4 is 31.7 Å². The normalized spacial score (nSPS) is 17.7. The first-order valence-electron chi connectivity index (χ1n) is 13.3. The Morgan fingerprint density at radius 3 is 2.32 bits per heavy atom. The van der Waals surface area contributed by atoms with Crippen LogP contribution in [-0.2, 0) is 19.7 Å². The molecule has 2 aliphatic rings. The number of rotatable bonds is 8. The molecular weight excluding hydrogens is 598 g/mol. The first-order chi connectivity index (χ1) is 20.8. The molecule has 3 heterocycles. The van der Waals surface area contributed by atoms with E-state index in [1.807, 2.05) is 6.92 Å². The molecule has 0 spiro atoms. The van der Waals surface area contributed by atoms with Crippen molar-refractivity contribution in [3.05, 3.63) is 70.5 Å². The lowest BCUT2D eigenvalue weighted by Gasteiger charge is -2.38. The number of aromatic nitrogens is 2. The number of nitrogen functional groups attached to an aromatic ring is 1. The highest BCUT2D eigenvalue weighted by Crippen LogP contribution is 2.39. The van der Waals surface area contributed by atoms with Crippen LogP contribution in [0, 0.1) is 0 Å². The number of carbonyl (C=O) groups is 3. The van der Waals surface area contributed by atoms with Gasteiger partial charge in [-0.1, -0.05) is 31.5 Å². The zero-order valence-corrected chi connectivity index (χ0v) is 24.2. The van der Waals surface area contributed by atoms with E-state index in [1.165, 1.54) is 17.0 Å². The summed E-state index contributed by atoms with van der Waals surface area (Å²) in [6, 6.07) is 12.8. The second-order valence-electron chi connectivity index (χ2n) is 10.1. The number of nitrogens with one attached hydrogen (secondary N) is 3. The van der Waals surface area contributed by atoms with Crippen LogP contribution >= 0.6 is 0 Å². The number of H-pyrrole nitrogens is 1. The standard InChI is InChI=1S/C21H25N7O6.C6H6O3S/c1-2-3-13(18(31)32)24-16(29)11-4-6-12(7-5-11)27-9-21(19(33)34)8-23-15-14(28(21)10-27)17(30)26-20(22)25-15;7-10(8,9)6-4-2-1-3-5-6/h4-7,13H,2-3,8-10H2,1H3,(H,24,29)(H,31,32)(H,33,34)(H4,22,23,25,26,30);1-5H,(H,7,8,9)/t13?,21-;/m0./s1. The summed E-state index contributed by atoms with van der Waals surface area (Å²) < 4.78 is 29.2. The molecule has 2 aliphatic heterocycles. The Bertz CT molecular complexity index is 1720. The number of amides is 1. The van der Waals surface area contributed by atoms with E-state index in [0.29, 0.717) is 18.5 Å². The molecular formula is C27H31N7O9S. The van der Waals surface area contributed by atoms with Gasteiger partial charge in [0.15, 0.2) is 11.4 Å². The van der Waals surface area contributed by atoms with Gasteiger partial charge in [0, 0.05) is 11.3 Å². The number of benzene rings is 2. The van der Waals surface area contributed by atoms with Crippen molar-refractivity contribution in [1.82, 2.24) is 15.3 Å². The third-order valence-corrected chi connectivity index (χ3v) is 8.00. The maximum Gasteiger partial charge on any atom is 0.333 e. The predicted molar refractivity (Wildman–Crippen MR) is 159 cm³/mol. The Labute approximate surface area is 251 Å². The zero-order valence-electron chi connectivity index (χ0n) is 23.4. The Kier molecular flexibility index (Phi) is 9.10. The largest absolute Gasteiger partial charge is 0.480 e. The summed E-state index contributed by atoms with van der Waals surface area (Å²) in [4.78, 5) is 58.4. The minimum atomic E-state index is -4.00. The van der Waals surface area contributed by atoms with Crippen molar-refractivity contribution >= 4 is 51.1 Å². The zero-order chi connectivity index (χ0) is 32.2. The third-order valence-electron chi connectivity index (χ3n) is 7.13. The number of hydrogen-bond donors (Lipinski definition) is 7.